The van der Waals surface area contributed by atoms with Gasteiger partial charge in [-0.3, -0.25) is 4.79 Å². The van der Waals surface area contributed by atoms with Crippen LogP contribution in [-0.2, 0) is 11.3 Å². The Morgan fingerprint density at radius 2 is 2.09 bits per heavy atom. The fourth-order valence-corrected chi connectivity index (χ4v) is 2.96. The molecule has 2 heterocycles. The van der Waals surface area contributed by atoms with Gasteiger partial charge in [-0.15, -0.1) is 12.4 Å². The van der Waals surface area contributed by atoms with Crippen LogP contribution in [0, 0.1) is 13.8 Å². The molecule has 0 aliphatic carbocycles. The lowest BCUT2D eigenvalue weighted by atomic mass is 10.1. The Morgan fingerprint density at radius 1 is 1.35 bits per heavy atom. The molecule has 2 aromatic rings. The fourth-order valence-electron chi connectivity index (χ4n) is 2.96. The van der Waals surface area contributed by atoms with Crippen molar-refractivity contribution in [3.05, 3.63) is 47.3 Å². The Balaban J connectivity index is 0.00000192. The molecule has 1 aliphatic rings. The standard InChI is InChI=1S/C17H22N4O.ClH/c1-12-15(11-19-17(22)16-9-6-10-18-16)13(2)21(20-12)14-7-4-3-5-8-14;/h3-5,7-8,16,18H,6,9-11H2,1-2H3,(H,19,22);1H. The molecule has 1 fully saturated rings. The maximum absolute atomic E-state index is 12.1. The number of halogens is 1. The molecule has 1 unspecified atom stereocenters. The molecule has 1 aromatic heterocycles. The van der Waals surface area contributed by atoms with Crippen LogP contribution in [-0.4, -0.2) is 28.3 Å². The molecule has 3 rings (SSSR count). The molecule has 0 radical (unpaired) electrons. The average molecular weight is 335 g/mol. The third kappa shape index (κ3) is 3.74. The first kappa shape index (κ1) is 17.5. The van der Waals surface area contributed by atoms with E-state index in [0.717, 1.165) is 42.0 Å². The summed E-state index contributed by atoms with van der Waals surface area (Å²) in [5, 5.41) is 10.9. The summed E-state index contributed by atoms with van der Waals surface area (Å²) in [4.78, 5) is 12.1. The smallest absolute Gasteiger partial charge is 0.237 e. The maximum atomic E-state index is 12.1. The molecule has 0 spiro atoms. The number of carbonyl (C=O) groups is 1. The van der Waals surface area contributed by atoms with E-state index >= 15 is 0 Å². The number of nitrogens with one attached hydrogen (secondary N) is 2. The topological polar surface area (TPSA) is 59.0 Å². The monoisotopic (exact) mass is 334 g/mol. The summed E-state index contributed by atoms with van der Waals surface area (Å²) in [5.74, 6) is 0.0868. The highest BCUT2D eigenvalue weighted by molar-refractivity contribution is 5.85. The largest absolute Gasteiger partial charge is 0.351 e. The van der Waals surface area contributed by atoms with Gasteiger partial charge in [-0.2, -0.15) is 5.10 Å². The van der Waals surface area contributed by atoms with Gasteiger partial charge in [-0.1, -0.05) is 18.2 Å². The second-order valence-electron chi connectivity index (χ2n) is 5.76. The molecule has 2 N–H and O–H groups in total. The van der Waals surface area contributed by atoms with Crippen molar-refractivity contribution in [1.82, 2.24) is 20.4 Å². The van der Waals surface area contributed by atoms with Gasteiger partial charge in [0, 0.05) is 17.8 Å². The first-order chi connectivity index (χ1) is 10.7. The van der Waals surface area contributed by atoms with Crippen LogP contribution in [0.15, 0.2) is 30.3 Å². The van der Waals surface area contributed by atoms with Crippen molar-refractivity contribution in [3.8, 4) is 5.69 Å². The van der Waals surface area contributed by atoms with E-state index in [4.69, 9.17) is 0 Å². The van der Waals surface area contributed by atoms with Crippen molar-refractivity contribution in [1.29, 1.82) is 0 Å². The Hall–Kier alpha value is -1.85. The molecule has 0 bridgehead atoms. The van der Waals surface area contributed by atoms with E-state index in [2.05, 4.69) is 15.7 Å². The Bertz CT molecular complexity index is 663. The highest BCUT2D eigenvalue weighted by atomic mass is 35.5. The zero-order valence-corrected chi connectivity index (χ0v) is 14.3. The average Bonchev–Trinajstić information content (AvgIpc) is 3.15. The van der Waals surface area contributed by atoms with E-state index in [1.165, 1.54) is 0 Å². The van der Waals surface area contributed by atoms with Crippen molar-refractivity contribution < 1.29 is 4.79 Å². The highest BCUT2D eigenvalue weighted by Crippen LogP contribution is 2.17. The van der Waals surface area contributed by atoms with Crippen molar-refractivity contribution in [2.45, 2.75) is 39.3 Å². The Morgan fingerprint density at radius 3 is 2.74 bits per heavy atom. The van der Waals surface area contributed by atoms with Crippen LogP contribution in [0.5, 0.6) is 0 Å². The number of para-hydroxylation sites is 1. The Kier molecular flexibility index (Phi) is 5.80. The maximum Gasteiger partial charge on any atom is 0.237 e. The molecule has 0 saturated carbocycles. The van der Waals surface area contributed by atoms with Crippen LogP contribution in [0.4, 0.5) is 0 Å². The molecule has 1 atom stereocenters. The first-order valence-electron chi connectivity index (χ1n) is 7.78. The lowest BCUT2D eigenvalue weighted by molar-refractivity contribution is -0.122. The number of aromatic nitrogens is 2. The van der Waals surface area contributed by atoms with Crippen LogP contribution in [0.2, 0.25) is 0 Å². The van der Waals surface area contributed by atoms with E-state index in [0.29, 0.717) is 6.54 Å². The zero-order chi connectivity index (χ0) is 15.5. The first-order valence-corrected chi connectivity index (χ1v) is 7.78. The molecule has 6 heteroatoms. The van der Waals surface area contributed by atoms with Crippen LogP contribution in [0.3, 0.4) is 0 Å². The lowest BCUT2D eigenvalue weighted by Crippen LogP contribution is -2.40. The molecular formula is C17H23ClN4O. The summed E-state index contributed by atoms with van der Waals surface area (Å²) in [6.07, 6.45) is 2.00. The number of amides is 1. The summed E-state index contributed by atoms with van der Waals surface area (Å²) in [7, 11) is 0. The molecule has 1 amide bonds. The minimum atomic E-state index is -0.0372. The van der Waals surface area contributed by atoms with Gasteiger partial charge in [-0.05, 0) is 45.4 Å². The van der Waals surface area contributed by atoms with Crippen LogP contribution < -0.4 is 10.6 Å². The van der Waals surface area contributed by atoms with Crippen molar-refractivity contribution in [2.75, 3.05) is 6.54 Å². The van der Waals surface area contributed by atoms with Gasteiger partial charge in [-0.25, -0.2) is 4.68 Å². The normalized spacial score (nSPS) is 16.9. The van der Waals surface area contributed by atoms with Crippen molar-refractivity contribution in [2.24, 2.45) is 0 Å². The SMILES string of the molecule is Cc1nn(-c2ccccc2)c(C)c1CNC(=O)C1CCCN1.Cl. The lowest BCUT2D eigenvalue weighted by Gasteiger charge is -2.11. The molecule has 1 saturated heterocycles. The second-order valence-corrected chi connectivity index (χ2v) is 5.76. The molecule has 1 aliphatic heterocycles. The van der Waals surface area contributed by atoms with E-state index in [1.807, 2.05) is 48.9 Å². The van der Waals surface area contributed by atoms with Crippen molar-refractivity contribution in [3.63, 3.8) is 0 Å². The summed E-state index contributed by atoms with van der Waals surface area (Å²) in [6, 6.07) is 10.0. The minimum absolute atomic E-state index is 0. The van der Waals surface area contributed by atoms with Gasteiger partial charge in [0.2, 0.25) is 5.91 Å². The van der Waals surface area contributed by atoms with Gasteiger partial charge in [0.25, 0.3) is 0 Å². The van der Waals surface area contributed by atoms with Gasteiger partial charge < -0.3 is 10.6 Å². The van der Waals surface area contributed by atoms with Crippen LogP contribution in [0.25, 0.3) is 5.69 Å². The van der Waals surface area contributed by atoms with Gasteiger partial charge in [0.15, 0.2) is 0 Å². The molecule has 124 valence electrons. The van der Waals surface area contributed by atoms with Gasteiger partial charge in [0.1, 0.15) is 0 Å². The Labute approximate surface area is 142 Å². The highest BCUT2D eigenvalue weighted by Gasteiger charge is 2.22. The molecule has 23 heavy (non-hydrogen) atoms. The van der Waals surface area contributed by atoms with E-state index in [-0.39, 0.29) is 24.4 Å². The zero-order valence-electron chi connectivity index (χ0n) is 13.5. The fraction of sp³-hybridized carbons (Fsp3) is 0.412. The third-order valence-electron chi connectivity index (χ3n) is 4.26. The predicted molar refractivity (Wildman–Crippen MR) is 93.2 cm³/mol. The van der Waals surface area contributed by atoms with Gasteiger partial charge in [0.05, 0.1) is 17.4 Å². The number of hydrogen-bond donors (Lipinski definition) is 2. The number of hydrogen-bond acceptors (Lipinski definition) is 3. The molecular weight excluding hydrogens is 312 g/mol. The summed E-state index contributed by atoms with van der Waals surface area (Å²) in [5.41, 5.74) is 4.16. The number of carbonyl (C=O) groups excluding carboxylic acids is 1. The number of benzene rings is 1. The summed E-state index contributed by atoms with van der Waals surface area (Å²) >= 11 is 0. The quantitative estimate of drug-likeness (QED) is 0.902. The molecule has 1 aromatic carbocycles. The summed E-state index contributed by atoms with van der Waals surface area (Å²) in [6.45, 7) is 5.49. The number of nitrogens with zero attached hydrogens (tertiary/aromatic N) is 2. The predicted octanol–water partition coefficient (Wildman–Crippen LogP) is 2.28. The number of rotatable bonds is 4. The minimum Gasteiger partial charge on any atom is -0.351 e. The van der Waals surface area contributed by atoms with Crippen molar-refractivity contribution >= 4 is 18.3 Å². The summed E-state index contributed by atoms with van der Waals surface area (Å²) < 4.78 is 1.94. The third-order valence-corrected chi connectivity index (χ3v) is 4.26. The van der Waals surface area contributed by atoms with Crippen LogP contribution in [0.1, 0.15) is 29.8 Å². The number of aryl methyl sites for hydroxylation is 1. The van der Waals surface area contributed by atoms with E-state index < -0.39 is 0 Å². The second kappa shape index (κ2) is 7.62. The van der Waals surface area contributed by atoms with E-state index in [9.17, 15) is 4.79 Å². The molecule has 5 nitrogen and oxygen atoms in total. The van der Waals surface area contributed by atoms with Gasteiger partial charge >= 0.3 is 0 Å². The van der Waals surface area contributed by atoms with Crippen LogP contribution >= 0.6 is 12.4 Å². The van der Waals surface area contributed by atoms with E-state index in [1.54, 1.807) is 0 Å².